The molecule has 0 bridgehead atoms. The van der Waals surface area contributed by atoms with Crippen molar-refractivity contribution in [2.75, 3.05) is 13.7 Å². The maximum atomic E-state index is 13.2. The molecule has 1 rings (SSSR count). The van der Waals surface area contributed by atoms with E-state index in [2.05, 4.69) is 0 Å². The van der Waals surface area contributed by atoms with Crippen LogP contribution in [-0.2, 0) is 4.74 Å². The van der Waals surface area contributed by atoms with Gasteiger partial charge in [-0.05, 0) is 12.1 Å². The molecule has 4 heteroatoms. The van der Waals surface area contributed by atoms with Crippen LogP contribution in [0.25, 0.3) is 0 Å². The van der Waals surface area contributed by atoms with E-state index in [-0.39, 0.29) is 0 Å². The Bertz CT molecular complexity index is 293. The minimum Gasteiger partial charge on any atom is -0.383 e. The standard InChI is InChI=1S/C9H11ClFNO/c1-13-5-9(12)7-3-2-6(10)4-8(7)11/h2-4,9H,5,12H2,1H3/t9-/m0/s1. The molecule has 0 saturated heterocycles. The van der Waals surface area contributed by atoms with Gasteiger partial charge in [-0.15, -0.1) is 0 Å². The lowest BCUT2D eigenvalue weighted by Crippen LogP contribution is -2.17. The highest BCUT2D eigenvalue weighted by Crippen LogP contribution is 2.19. The molecule has 13 heavy (non-hydrogen) atoms. The fraction of sp³-hybridized carbons (Fsp3) is 0.333. The number of nitrogens with two attached hydrogens (primary N) is 1. The van der Waals surface area contributed by atoms with Crippen molar-refractivity contribution in [3.8, 4) is 0 Å². The Morgan fingerprint density at radius 3 is 2.85 bits per heavy atom. The van der Waals surface area contributed by atoms with Crippen molar-refractivity contribution < 1.29 is 9.13 Å². The summed E-state index contributed by atoms with van der Waals surface area (Å²) in [6, 6.07) is 3.98. The Hall–Kier alpha value is -0.640. The lowest BCUT2D eigenvalue weighted by molar-refractivity contribution is 0.179. The molecule has 0 amide bonds. The molecular weight excluding hydrogens is 193 g/mol. The predicted octanol–water partition coefficient (Wildman–Crippen LogP) is 2.13. The van der Waals surface area contributed by atoms with Gasteiger partial charge in [-0.3, -0.25) is 0 Å². The fourth-order valence-electron chi connectivity index (χ4n) is 1.07. The van der Waals surface area contributed by atoms with Crippen LogP contribution < -0.4 is 5.73 Å². The topological polar surface area (TPSA) is 35.2 Å². The molecule has 1 aromatic carbocycles. The normalized spacial score (nSPS) is 12.9. The Morgan fingerprint density at radius 2 is 2.31 bits per heavy atom. The average molecular weight is 204 g/mol. The predicted molar refractivity (Wildman–Crippen MR) is 50.2 cm³/mol. The van der Waals surface area contributed by atoms with Gasteiger partial charge in [0.15, 0.2) is 0 Å². The van der Waals surface area contributed by atoms with Gasteiger partial charge in [0.1, 0.15) is 5.82 Å². The van der Waals surface area contributed by atoms with E-state index in [0.717, 1.165) is 0 Å². The first-order valence-electron chi connectivity index (χ1n) is 3.84. The summed E-state index contributed by atoms with van der Waals surface area (Å²) in [5, 5.41) is 0.367. The summed E-state index contributed by atoms with van der Waals surface area (Å²) in [5.74, 6) is -0.392. The van der Waals surface area contributed by atoms with Gasteiger partial charge in [0, 0.05) is 17.7 Å². The molecule has 1 aromatic rings. The highest BCUT2D eigenvalue weighted by atomic mass is 35.5. The first kappa shape index (κ1) is 10.4. The van der Waals surface area contributed by atoms with Crippen LogP contribution in [0.5, 0.6) is 0 Å². The van der Waals surface area contributed by atoms with Gasteiger partial charge < -0.3 is 10.5 Å². The molecule has 1 atom stereocenters. The van der Waals surface area contributed by atoms with Crippen molar-refractivity contribution in [1.29, 1.82) is 0 Å². The van der Waals surface area contributed by atoms with Crippen molar-refractivity contribution in [3.63, 3.8) is 0 Å². The van der Waals surface area contributed by atoms with Crippen molar-refractivity contribution in [2.24, 2.45) is 5.73 Å². The molecule has 72 valence electrons. The van der Waals surface area contributed by atoms with Crippen LogP contribution in [0.15, 0.2) is 18.2 Å². The second-order valence-electron chi connectivity index (χ2n) is 2.73. The van der Waals surface area contributed by atoms with E-state index in [0.29, 0.717) is 17.2 Å². The minimum absolute atomic E-state index is 0.290. The van der Waals surface area contributed by atoms with Crippen LogP contribution in [0.1, 0.15) is 11.6 Å². The van der Waals surface area contributed by atoms with Gasteiger partial charge in [-0.25, -0.2) is 4.39 Å². The van der Waals surface area contributed by atoms with Crippen LogP contribution >= 0.6 is 11.6 Å². The maximum Gasteiger partial charge on any atom is 0.129 e. The first-order valence-corrected chi connectivity index (χ1v) is 4.22. The van der Waals surface area contributed by atoms with Crippen LogP contribution in [0.3, 0.4) is 0 Å². The largest absolute Gasteiger partial charge is 0.383 e. The second-order valence-corrected chi connectivity index (χ2v) is 3.16. The summed E-state index contributed by atoms with van der Waals surface area (Å²) in [7, 11) is 1.52. The molecule has 0 radical (unpaired) electrons. The zero-order chi connectivity index (χ0) is 9.84. The van der Waals surface area contributed by atoms with E-state index < -0.39 is 11.9 Å². The lowest BCUT2D eigenvalue weighted by Gasteiger charge is -2.11. The zero-order valence-electron chi connectivity index (χ0n) is 7.26. The minimum atomic E-state index is -0.442. The van der Waals surface area contributed by atoms with E-state index in [1.54, 1.807) is 12.1 Å². The van der Waals surface area contributed by atoms with Gasteiger partial charge >= 0.3 is 0 Å². The summed E-state index contributed by atoms with van der Waals surface area (Å²) in [4.78, 5) is 0. The Morgan fingerprint density at radius 1 is 1.62 bits per heavy atom. The van der Waals surface area contributed by atoms with Crippen molar-refractivity contribution >= 4 is 11.6 Å². The Balaban J connectivity index is 2.88. The third-order valence-corrected chi connectivity index (χ3v) is 1.94. The van der Waals surface area contributed by atoms with Crippen LogP contribution in [0, 0.1) is 5.82 Å². The molecule has 0 spiro atoms. The van der Waals surface area contributed by atoms with Crippen molar-refractivity contribution in [2.45, 2.75) is 6.04 Å². The summed E-state index contributed by atoms with van der Waals surface area (Å²) >= 11 is 5.59. The third kappa shape index (κ3) is 2.66. The number of methoxy groups -OCH3 is 1. The molecular formula is C9H11ClFNO. The molecule has 2 nitrogen and oxygen atoms in total. The van der Waals surface area contributed by atoms with Crippen molar-refractivity contribution in [3.05, 3.63) is 34.6 Å². The zero-order valence-corrected chi connectivity index (χ0v) is 8.01. The molecule has 0 fully saturated rings. The number of hydrogen-bond acceptors (Lipinski definition) is 2. The lowest BCUT2D eigenvalue weighted by atomic mass is 10.1. The van der Waals surface area contributed by atoms with E-state index in [1.165, 1.54) is 13.2 Å². The van der Waals surface area contributed by atoms with Gasteiger partial charge in [0.05, 0.1) is 12.6 Å². The number of ether oxygens (including phenoxy) is 1. The highest BCUT2D eigenvalue weighted by molar-refractivity contribution is 6.30. The molecule has 2 N–H and O–H groups in total. The number of halogens is 2. The van der Waals surface area contributed by atoms with E-state index in [1.807, 2.05) is 0 Å². The van der Waals surface area contributed by atoms with Crippen LogP contribution in [0.4, 0.5) is 4.39 Å². The molecule has 0 aliphatic rings. The number of rotatable bonds is 3. The Labute approximate surface area is 81.4 Å². The summed E-state index contributed by atoms with van der Waals surface area (Å²) in [6.45, 7) is 0.290. The van der Waals surface area contributed by atoms with Gasteiger partial charge in [-0.2, -0.15) is 0 Å². The number of hydrogen-bond donors (Lipinski definition) is 1. The summed E-state index contributed by atoms with van der Waals surface area (Å²) in [6.07, 6.45) is 0. The summed E-state index contributed by atoms with van der Waals surface area (Å²) in [5.41, 5.74) is 6.07. The monoisotopic (exact) mass is 203 g/mol. The SMILES string of the molecule is COC[C@H](N)c1ccc(Cl)cc1F. The van der Waals surface area contributed by atoms with Crippen molar-refractivity contribution in [1.82, 2.24) is 0 Å². The quantitative estimate of drug-likeness (QED) is 0.817. The van der Waals surface area contributed by atoms with Gasteiger partial charge in [0.25, 0.3) is 0 Å². The van der Waals surface area contributed by atoms with Gasteiger partial charge in [0.2, 0.25) is 0 Å². The van der Waals surface area contributed by atoms with Crippen LogP contribution in [-0.4, -0.2) is 13.7 Å². The number of benzene rings is 1. The molecule has 0 aromatic heterocycles. The van der Waals surface area contributed by atoms with E-state index in [9.17, 15) is 4.39 Å². The molecule has 0 heterocycles. The second kappa shape index (κ2) is 4.56. The molecule has 0 saturated carbocycles. The smallest absolute Gasteiger partial charge is 0.129 e. The van der Waals surface area contributed by atoms with E-state index >= 15 is 0 Å². The first-order chi connectivity index (χ1) is 6.15. The molecule has 0 aliphatic carbocycles. The highest BCUT2D eigenvalue weighted by Gasteiger charge is 2.10. The summed E-state index contributed by atoms with van der Waals surface area (Å²) < 4.78 is 18.0. The van der Waals surface area contributed by atoms with Crippen LogP contribution in [0.2, 0.25) is 5.02 Å². The average Bonchev–Trinajstić information content (AvgIpc) is 2.04. The van der Waals surface area contributed by atoms with Gasteiger partial charge in [-0.1, -0.05) is 17.7 Å². The molecule has 0 aliphatic heterocycles. The molecule has 0 unspecified atom stereocenters. The third-order valence-electron chi connectivity index (χ3n) is 1.71. The maximum absolute atomic E-state index is 13.2. The van der Waals surface area contributed by atoms with E-state index in [4.69, 9.17) is 22.1 Å². The Kier molecular flexibility index (Phi) is 3.66. The fourth-order valence-corrected chi connectivity index (χ4v) is 1.23.